The molecule has 0 aliphatic carbocycles. The summed E-state index contributed by atoms with van der Waals surface area (Å²) in [7, 11) is 0. The molecular weight excluding hydrogens is 454 g/mol. The maximum atomic E-state index is 6.28. The van der Waals surface area contributed by atoms with Crippen LogP contribution in [0.5, 0.6) is 5.75 Å². The summed E-state index contributed by atoms with van der Waals surface area (Å²) in [5.41, 5.74) is 4.55. The first-order valence-corrected chi connectivity index (χ1v) is 12.6. The first-order valence-electron chi connectivity index (χ1n) is 11.6. The topological polar surface area (TPSA) is 64.9 Å². The summed E-state index contributed by atoms with van der Waals surface area (Å²) < 4.78 is 8.05. The molecule has 1 N–H and O–H groups in total. The van der Waals surface area contributed by atoms with Crippen LogP contribution in [0.15, 0.2) is 96.2 Å². The molecule has 5 aromatic rings. The lowest BCUT2D eigenvalue weighted by atomic mass is 10.0. The van der Waals surface area contributed by atoms with Crippen LogP contribution in [-0.2, 0) is 13.2 Å². The number of thioether (sulfide) groups is 1. The van der Waals surface area contributed by atoms with Gasteiger partial charge in [0.25, 0.3) is 0 Å². The molecule has 0 saturated heterocycles. The lowest BCUT2D eigenvalue weighted by molar-refractivity contribution is 0.303. The summed E-state index contributed by atoms with van der Waals surface area (Å²) in [6.45, 7) is 4.17. The van der Waals surface area contributed by atoms with Gasteiger partial charge in [-0.15, -0.1) is 5.10 Å². The number of para-hydroxylation sites is 1. The zero-order chi connectivity index (χ0) is 23.9. The minimum atomic E-state index is 0.545. The van der Waals surface area contributed by atoms with Crippen molar-refractivity contribution in [3.05, 3.63) is 108 Å². The third-order valence-electron chi connectivity index (χ3n) is 5.77. The average Bonchev–Trinajstić information content (AvgIpc) is 3.38. The molecule has 7 heteroatoms. The number of tetrazole rings is 1. The van der Waals surface area contributed by atoms with E-state index < -0.39 is 0 Å². The second kappa shape index (κ2) is 11.2. The number of aryl methyl sites for hydroxylation is 1. The Bertz CT molecular complexity index is 1390. The second-order valence-corrected chi connectivity index (χ2v) is 9.33. The highest BCUT2D eigenvalue weighted by atomic mass is 32.2. The van der Waals surface area contributed by atoms with Gasteiger partial charge in [-0.2, -0.15) is 4.68 Å². The number of rotatable bonds is 10. The molecule has 0 aliphatic heterocycles. The van der Waals surface area contributed by atoms with Gasteiger partial charge in [-0.25, -0.2) is 0 Å². The highest BCUT2D eigenvalue weighted by Crippen LogP contribution is 2.29. The molecule has 0 unspecified atom stereocenters. The van der Waals surface area contributed by atoms with Crippen molar-refractivity contribution in [2.45, 2.75) is 25.2 Å². The molecular formula is C28H27N5OS. The molecule has 0 atom stereocenters. The monoisotopic (exact) mass is 481 g/mol. The Morgan fingerprint density at radius 3 is 2.54 bits per heavy atom. The van der Waals surface area contributed by atoms with Gasteiger partial charge >= 0.3 is 0 Å². The van der Waals surface area contributed by atoms with Crippen molar-refractivity contribution >= 4 is 22.5 Å². The summed E-state index contributed by atoms with van der Waals surface area (Å²) in [5.74, 6) is 1.76. The molecule has 0 radical (unpaired) electrons. The van der Waals surface area contributed by atoms with Crippen LogP contribution in [0.25, 0.3) is 16.5 Å². The van der Waals surface area contributed by atoms with E-state index in [1.165, 1.54) is 21.9 Å². The minimum absolute atomic E-state index is 0.545. The SMILES string of the molecule is Cc1ccc(COc2ccc3ccccc3c2CNCCSc2nnnn2-c2ccccc2)cc1. The molecule has 1 heterocycles. The van der Waals surface area contributed by atoms with E-state index in [-0.39, 0.29) is 0 Å². The van der Waals surface area contributed by atoms with Crippen molar-refractivity contribution in [2.24, 2.45) is 0 Å². The molecule has 0 bridgehead atoms. The smallest absolute Gasteiger partial charge is 0.214 e. The first-order chi connectivity index (χ1) is 17.3. The summed E-state index contributed by atoms with van der Waals surface area (Å²) in [6, 6.07) is 31.1. The quantitative estimate of drug-likeness (QED) is 0.207. The van der Waals surface area contributed by atoms with Crippen molar-refractivity contribution in [1.29, 1.82) is 0 Å². The number of hydrogen-bond donors (Lipinski definition) is 1. The van der Waals surface area contributed by atoms with Gasteiger partial charge < -0.3 is 10.1 Å². The summed E-state index contributed by atoms with van der Waals surface area (Å²) >= 11 is 1.63. The second-order valence-electron chi connectivity index (χ2n) is 8.27. The van der Waals surface area contributed by atoms with Crippen LogP contribution < -0.4 is 10.1 Å². The number of fused-ring (bicyclic) bond motifs is 1. The van der Waals surface area contributed by atoms with E-state index in [0.717, 1.165) is 41.0 Å². The molecule has 0 amide bonds. The molecule has 35 heavy (non-hydrogen) atoms. The van der Waals surface area contributed by atoms with E-state index in [0.29, 0.717) is 6.61 Å². The molecule has 5 rings (SSSR count). The van der Waals surface area contributed by atoms with Gasteiger partial charge in [0.05, 0.1) is 5.69 Å². The standard InChI is InChI=1S/C28H27N5OS/c1-21-11-13-22(14-12-21)20-34-27-16-15-23-7-5-6-10-25(23)26(27)19-29-17-18-35-28-30-31-32-33(28)24-8-3-2-4-9-24/h2-16,29H,17-20H2,1H3. The van der Waals surface area contributed by atoms with E-state index in [9.17, 15) is 0 Å². The third-order valence-corrected chi connectivity index (χ3v) is 6.69. The number of nitrogens with one attached hydrogen (secondary N) is 1. The third kappa shape index (κ3) is 5.70. The van der Waals surface area contributed by atoms with Crippen LogP contribution in [0.2, 0.25) is 0 Å². The highest BCUT2D eigenvalue weighted by Gasteiger charge is 2.11. The van der Waals surface area contributed by atoms with Crippen LogP contribution in [0.1, 0.15) is 16.7 Å². The molecule has 6 nitrogen and oxygen atoms in total. The molecule has 0 saturated carbocycles. The molecule has 176 valence electrons. The molecule has 0 spiro atoms. The lowest BCUT2D eigenvalue weighted by Crippen LogP contribution is -2.18. The zero-order valence-electron chi connectivity index (χ0n) is 19.6. The molecule has 1 aromatic heterocycles. The zero-order valence-corrected chi connectivity index (χ0v) is 20.4. The van der Waals surface area contributed by atoms with Gasteiger partial charge in [-0.3, -0.25) is 0 Å². The predicted molar refractivity (Wildman–Crippen MR) is 141 cm³/mol. The maximum absolute atomic E-state index is 6.28. The van der Waals surface area contributed by atoms with Gasteiger partial charge in [-0.05, 0) is 51.9 Å². The molecule has 0 fully saturated rings. The molecule has 0 aliphatic rings. The van der Waals surface area contributed by atoms with Gasteiger partial charge in [0, 0.05) is 24.4 Å². The number of benzene rings is 4. The van der Waals surface area contributed by atoms with E-state index in [1.54, 1.807) is 16.4 Å². The highest BCUT2D eigenvalue weighted by molar-refractivity contribution is 7.99. The van der Waals surface area contributed by atoms with Gasteiger partial charge in [0.15, 0.2) is 0 Å². The van der Waals surface area contributed by atoms with Crippen molar-refractivity contribution in [3.8, 4) is 11.4 Å². The minimum Gasteiger partial charge on any atom is -0.489 e. The Morgan fingerprint density at radius 2 is 1.69 bits per heavy atom. The number of ether oxygens (including phenoxy) is 1. The maximum Gasteiger partial charge on any atom is 0.214 e. The van der Waals surface area contributed by atoms with Crippen LogP contribution in [-0.4, -0.2) is 32.5 Å². The van der Waals surface area contributed by atoms with Crippen LogP contribution in [0.3, 0.4) is 0 Å². The Balaban J connectivity index is 1.23. The number of nitrogens with zero attached hydrogens (tertiary/aromatic N) is 4. The van der Waals surface area contributed by atoms with Crippen LogP contribution in [0, 0.1) is 6.92 Å². The van der Waals surface area contributed by atoms with E-state index >= 15 is 0 Å². The van der Waals surface area contributed by atoms with Gasteiger partial charge in [0.2, 0.25) is 5.16 Å². The Labute approximate surface area is 209 Å². The number of hydrogen-bond acceptors (Lipinski definition) is 6. The van der Waals surface area contributed by atoms with Crippen molar-refractivity contribution in [1.82, 2.24) is 25.5 Å². The lowest BCUT2D eigenvalue weighted by Gasteiger charge is -2.15. The van der Waals surface area contributed by atoms with Crippen molar-refractivity contribution < 1.29 is 4.74 Å². The van der Waals surface area contributed by atoms with E-state index in [4.69, 9.17) is 4.74 Å². The molecule has 4 aromatic carbocycles. The normalized spacial score (nSPS) is 11.1. The fourth-order valence-corrected chi connectivity index (χ4v) is 4.69. The average molecular weight is 482 g/mol. The Kier molecular flexibility index (Phi) is 7.36. The van der Waals surface area contributed by atoms with Gasteiger partial charge in [-0.1, -0.05) is 90.1 Å². The number of aromatic nitrogens is 4. The summed E-state index contributed by atoms with van der Waals surface area (Å²) in [5, 5.41) is 18.9. The summed E-state index contributed by atoms with van der Waals surface area (Å²) in [6.07, 6.45) is 0. The Morgan fingerprint density at radius 1 is 0.886 bits per heavy atom. The van der Waals surface area contributed by atoms with Crippen molar-refractivity contribution in [3.63, 3.8) is 0 Å². The van der Waals surface area contributed by atoms with E-state index in [1.807, 2.05) is 30.3 Å². The fraction of sp³-hybridized carbons (Fsp3) is 0.179. The fourth-order valence-electron chi connectivity index (χ4n) is 3.91. The Hall–Kier alpha value is -3.68. The van der Waals surface area contributed by atoms with Crippen LogP contribution in [0.4, 0.5) is 0 Å². The predicted octanol–water partition coefficient (Wildman–Crippen LogP) is 5.58. The van der Waals surface area contributed by atoms with Gasteiger partial charge in [0.1, 0.15) is 12.4 Å². The van der Waals surface area contributed by atoms with Crippen molar-refractivity contribution in [2.75, 3.05) is 12.3 Å². The van der Waals surface area contributed by atoms with E-state index in [2.05, 4.69) is 88.4 Å². The largest absolute Gasteiger partial charge is 0.489 e. The summed E-state index contributed by atoms with van der Waals surface area (Å²) in [4.78, 5) is 0. The first kappa shape index (κ1) is 23.1. The van der Waals surface area contributed by atoms with Crippen LogP contribution >= 0.6 is 11.8 Å².